The summed E-state index contributed by atoms with van der Waals surface area (Å²) in [5.41, 5.74) is 4.91. The van der Waals surface area contributed by atoms with Crippen LogP contribution in [-0.4, -0.2) is 38.4 Å². The van der Waals surface area contributed by atoms with Crippen LogP contribution in [0.3, 0.4) is 0 Å². The smallest absolute Gasteiger partial charge is 0.233 e. The van der Waals surface area contributed by atoms with Gasteiger partial charge in [-0.1, -0.05) is 59.8 Å². The van der Waals surface area contributed by atoms with Crippen molar-refractivity contribution in [2.24, 2.45) is 0 Å². The maximum Gasteiger partial charge on any atom is 0.233 e. The van der Waals surface area contributed by atoms with E-state index in [0.29, 0.717) is 5.75 Å². The topological polar surface area (TPSA) is 51.0 Å². The van der Waals surface area contributed by atoms with Gasteiger partial charge in [0.1, 0.15) is 0 Å². The van der Waals surface area contributed by atoms with Crippen molar-refractivity contribution >= 4 is 17.7 Å². The molecule has 1 aliphatic carbocycles. The van der Waals surface area contributed by atoms with Crippen LogP contribution in [0.4, 0.5) is 0 Å². The first-order valence-corrected chi connectivity index (χ1v) is 11.5. The Morgan fingerprint density at radius 3 is 2.83 bits per heavy atom. The molecule has 0 bridgehead atoms. The number of amides is 1. The van der Waals surface area contributed by atoms with E-state index in [4.69, 9.17) is 0 Å². The summed E-state index contributed by atoms with van der Waals surface area (Å²) in [7, 11) is 1.93. The quantitative estimate of drug-likeness (QED) is 0.532. The summed E-state index contributed by atoms with van der Waals surface area (Å²) in [4.78, 5) is 14.9. The zero-order valence-electron chi connectivity index (χ0n) is 17.8. The van der Waals surface area contributed by atoms with Crippen molar-refractivity contribution in [1.82, 2.24) is 19.7 Å². The lowest BCUT2D eigenvalue weighted by molar-refractivity contribution is -0.129. The van der Waals surface area contributed by atoms with E-state index in [9.17, 15) is 4.79 Å². The van der Waals surface area contributed by atoms with Crippen LogP contribution < -0.4 is 0 Å². The summed E-state index contributed by atoms with van der Waals surface area (Å²) >= 11 is 1.47. The first kappa shape index (κ1) is 20.7. The molecule has 5 nitrogen and oxygen atoms in total. The first-order chi connectivity index (χ1) is 14.6. The van der Waals surface area contributed by atoms with Gasteiger partial charge < -0.3 is 9.47 Å². The van der Waals surface area contributed by atoms with Crippen LogP contribution in [0.5, 0.6) is 0 Å². The van der Waals surface area contributed by atoms with Crippen molar-refractivity contribution in [3.63, 3.8) is 0 Å². The molecule has 1 amide bonds. The number of thioether (sulfide) groups is 1. The van der Waals surface area contributed by atoms with Crippen LogP contribution in [0.2, 0.25) is 0 Å². The fourth-order valence-electron chi connectivity index (χ4n) is 4.21. The maximum absolute atomic E-state index is 13.0. The predicted octanol–water partition coefficient (Wildman–Crippen LogP) is 4.90. The summed E-state index contributed by atoms with van der Waals surface area (Å²) in [5.74, 6) is 1.34. The SMILES string of the molecule is CCn1c(SCC(=O)N(C)C2CCCc3ccccc32)nnc1-c1cccc(C)c1. The molecule has 0 fully saturated rings. The average molecular weight is 421 g/mol. The largest absolute Gasteiger partial charge is 0.338 e. The minimum absolute atomic E-state index is 0.129. The third kappa shape index (κ3) is 4.15. The number of nitrogens with zero attached hydrogens (tertiary/aromatic N) is 4. The Kier molecular flexibility index (Phi) is 6.23. The highest BCUT2D eigenvalue weighted by Gasteiger charge is 2.26. The lowest BCUT2D eigenvalue weighted by Gasteiger charge is -2.33. The minimum Gasteiger partial charge on any atom is -0.338 e. The van der Waals surface area contributed by atoms with Crippen LogP contribution in [0.25, 0.3) is 11.4 Å². The molecule has 0 saturated heterocycles. The van der Waals surface area contributed by atoms with Gasteiger partial charge in [0, 0.05) is 19.2 Å². The Morgan fingerprint density at radius 2 is 2.03 bits per heavy atom. The van der Waals surface area contributed by atoms with Gasteiger partial charge in [0.15, 0.2) is 11.0 Å². The molecule has 156 valence electrons. The van der Waals surface area contributed by atoms with Crippen LogP contribution in [0.1, 0.15) is 42.5 Å². The highest BCUT2D eigenvalue weighted by Crippen LogP contribution is 2.34. The number of carbonyl (C=O) groups excluding carboxylic acids is 1. The lowest BCUT2D eigenvalue weighted by Crippen LogP contribution is -2.34. The molecule has 1 heterocycles. The van der Waals surface area contributed by atoms with Crippen molar-refractivity contribution in [3.8, 4) is 11.4 Å². The summed E-state index contributed by atoms with van der Waals surface area (Å²) in [6, 6.07) is 16.9. The van der Waals surface area contributed by atoms with Crippen LogP contribution in [0, 0.1) is 6.92 Å². The molecule has 1 aromatic heterocycles. The Hall–Kier alpha value is -2.60. The van der Waals surface area contributed by atoms with E-state index < -0.39 is 0 Å². The Morgan fingerprint density at radius 1 is 1.20 bits per heavy atom. The van der Waals surface area contributed by atoms with Gasteiger partial charge in [-0.25, -0.2) is 0 Å². The number of aryl methyl sites for hydroxylation is 2. The van der Waals surface area contributed by atoms with E-state index in [-0.39, 0.29) is 11.9 Å². The lowest BCUT2D eigenvalue weighted by atomic mass is 9.87. The molecule has 1 aliphatic rings. The average Bonchev–Trinajstić information content (AvgIpc) is 3.19. The molecular weight excluding hydrogens is 392 g/mol. The maximum atomic E-state index is 13.0. The van der Waals surface area contributed by atoms with Crippen LogP contribution in [-0.2, 0) is 17.8 Å². The minimum atomic E-state index is 0.129. The third-order valence-corrected chi connectivity index (χ3v) is 6.78. The third-order valence-electron chi connectivity index (χ3n) is 5.83. The molecule has 0 spiro atoms. The van der Waals surface area contributed by atoms with E-state index >= 15 is 0 Å². The fraction of sp³-hybridized carbons (Fsp3) is 0.375. The zero-order valence-corrected chi connectivity index (χ0v) is 18.7. The van der Waals surface area contributed by atoms with E-state index in [0.717, 1.165) is 42.4 Å². The summed E-state index contributed by atoms with van der Waals surface area (Å²) in [6.07, 6.45) is 3.24. The number of fused-ring (bicyclic) bond motifs is 1. The van der Waals surface area contributed by atoms with Crippen molar-refractivity contribution in [2.45, 2.75) is 50.9 Å². The van der Waals surface area contributed by atoms with E-state index in [1.54, 1.807) is 0 Å². The summed E-state index contributed by atoms with van der Waals surface area (Å²) in [6.45, 7) is 4.92. The molecule has 0 radical (unpaired) electrons. The van der Waals surface area contributed by atoms with Gasteiger partial charge in [0.2, 0.25) is 5.91 Å². The first-order valence-electron chi connectivity index (χ1n) is 10.5. The van der Waals surface area contributed by atoms with Gasteiger partial charge in [0.25, 0.3) is 0 Å². The number of rotatable bonds is 6. The highest BCUT2D eigenvalue weighted by atomic mass is 32.2. The number of hydrogen-bond acceptors (Lipinski definition) is 4. The Bertz CT molecular complexity index is 1050. The summed E-state index contributed by atoms with van der Waals surface area (Å²) in [5, 5.41) is 9.58. The molecule has 1 unspecified atom stereocenters. The number of aromatic nitrogens is 3. The molecule has 1 atom stereocenters. The Labute approximate surface area is 182 Å². The molecule has 2 aromatic carbocycles. The fourth-order valence-corrected chi connectivity index (χ4v) is 5.14. The van der Waals surface area contributed by atoms with Crippen molar-refractivity contribution in [2.75, 3.05) is 12.8 Å². The molecule has 0 aliphatic heterocycles. The standard InChI is InChI=1S/C24H28N4OS/c1-4-28-23(19-12-7-9-17(2)15-19)25-26-24(28)30-16-22(29)27(3)21-14-8-11-18-10-5-6-13-20(18)21/h5-7,9-10,12-13,15,21H,4,8,11,14,16H2,1-3H3. The normalized spacial score (nSPS) is 15.6. The monoisotopic (exact) mass is 420 g/mol. The Balaban J connectivity index is 1.47. The number of carbonyl (C=O) groups is 1. The van der Waals surface area contributed by atoms with E-state index in [1.807, 2.05) is 18.0 Å². The van der Waals surface area contributed by atoms with Gasteiger partial charge in [-0.05, 0) is 50.3 Å². The second-order valence-electron chi connectivity index (χ2n) is 7.82. The molecule has 6 heteroatoms. The van der Waals surface area contributed by atoms with Crippen molar-refractivity contribution < 1.29 is 4.79 Å². The number of hydrogen-bond donors (Lipinski definition) is 0. The van der Waals surface area contributed by atoms with Gasteiger partial charge in [-0.15, -0.1) is 10.2 Å². The van der Waals surface area contributed by atoms with Gasteiger partial charge in [-0.3, -0.25) is 4.79 Å². The van der Waals surface area contributed by atoms with E-state index in [2.05, 4.69) is 71.1 Å². The molecular formula is C24H28N4OS. The molecule has 3 aromatic rings. The predicted molar refractivity (Wildman–Crippen MR) is 121 cm³/mol. The molecule has 0 N–H and O–H groups in total. The summed E-state index contributed by atoms with van der Waals surface area (Å²) < 4.78 is 2.09. The van der Waals surface area contributed by atoms with Crippen LogP contribution >= 0.6 is 11.8 Å². The molecule has 0 saturated carbocycles. The van der Waals surface area contributed by atoms with Gasteiger partial charge in [0.05, 0.1) is 11.8 Å². The zero-order chi connectivity index (χ0) is 21.1. The molecule has 4 rings (SSSR count). The second-order valence-corrected chi connectivity index (χ2v) is 8.76. The van der Waals surface area contributed by atoms with Crippen molar-refractivity contribution in [1.29, 1.82) is 0 Å². The highest BCUT2D eigenvalue weighted by molar-refractivity contribution is 7.99. The second kappa shape index (κ2) is 9.04. The van der Waals surface area contributed by atoms with E-state index in [1.165, 1.54) is 28.5 Å². The van der Waals surface area contributed by atoms with Gasteiger partial charge >= 0.3 is 0 Å². The number of benzene rings is 2. The van der Waals surface area contributed by atoms with Crippen molar-refractivity contribution in [3.05, 3.63) is 65.2 Å². The van der Waals surface area contributed by atoms with Gasteiger partial charge in [-0.2, -0.15) is 0 Å². The molecule has 30 heavy (non-hydrogen) atoms. The van der Waals surface area contributed by atoms with Crippen LogP contribution in [0.15, 0.2) is 53.7 Å².